The van der Waals surface area contributed by atoms with Crippen molar-refractivity contribution in [1.29, 1.82) is 0 Å². The normalized spacial score (nSPS) is 10.4. The van der Waals surface area contributed by atoms with E-state index in [0.717, 1.165) is 6.42 Å². The Bertz CT molecular complexity index is 503. The number of benzene rings is 1. The Labute approximate surface area is 123 Å². The van der Waals surface area contributed by atoms with E-state index in [9.17, 15) is 9.59 Å². The second-order valence-corrected chi connectivity index (χ2v) is 5.15. The van der Waals surface area contributed by atoms with Crippen LogP contribution in [0.3, 0.4) is 0 Å². The fourth-order valence-corrected chi connectivity index (χ4v) is 2.00. The number of carbonyl (C=O) groups is 2. The lowest BCUT2D eigenvalue weighted by molar-refractivity contribution is 0.0698. The molecule has 1 aromatic carbocycles. The maximum atomic E-state index is 12.2. The van der Waals surface area contributed by atoms with E-state index < -0.39 is 5.97 Å². The first-order chi connectivity index (χ1) is 9.36. The predicted molar refractivity (Wildman–Crippen MR) is 79.6 cm³/mol. The van der Waals surface area contributed by atoms with Gasteiger partial charge >= 0.3 is 12.0 Å². The molecule has 2 N–H and O–H groups in total. The molecule has 0 saturated carbocycles. The number of rotatable bonds is 5. The van der Waals surface area contributed by atoms with Crippen LogP contribution in [0, 0.1) is 0 Å². The van der Waals surface area contributed by atoms with Crippen LogP contribution in [0.5, 0.6) is 0 Å². The maximum Gasteiger partial charge on any atom is 0.337 e. The molecule has 0 unspecified atom stereocenters. The number of amides is 2. The number of carbonyl (C=O) groups excluding carboxylic acids is 1. The summed E-state index contributed by atoms with van der Waals surface area (Å²) in [4.78, 5) is 25.0. The van der Waals surface area contributed by atoms with Crippen molar-refractivity contribution in [2.24, 2.45) is 0 Å². The van der Waals surface area contributed by atoms with Crippen molar-refractivity contribution in [2.45, 2.75) is 33.2 Å². The van der Waals surface area contributed by atoms with Gasteiger partial charge in [0.25, 0.3) is 0 Å². The maximum absolute atomic E-state index is 12.2. The summed E-state index contributed by atoms with van der Waals surface area (Å²) >= 11 is 5.85. The fourth-order valence-electron chi connectivity index (χ4n) is 1.83. The molecule has 20 heavy (non-hydrogen) atoms. The Morgan fingerprint density at radius 1 is 1.40 bits per heavy atom. The molecule has 0 aromatic heterocycles. The molecular weight excluding hydrogens is 280 g/mol. The minimum absolute atomic E-state index is 0.0166. The van der Waals surface area contributed by atoms with Gasteiger partial charge < -0.3 is 15.3 Å². The third kappa shape index (κ3) is 4.13. The predicted octanol–water partition coefficient (Wildman–Crippen LogP) is 3.69. The summed E-state index contributed by atoms with van der Waals surface area (Å²) in [5.41, 5.74) is 0.222. The van der Waals surface area contributed by atoms with Crippen molar-refractivity contribution < 1.29 is 14.7 Å². The lowest BCUT2D eigenvalue weighted by Gasteiger charge is -2.26. The van der Waals surface area contributed by atoms with Crippen LogP contribution in [-0.2, 0) is 0 Å². The van der Waals surface area contributed by atoms with Crippen LogP contribution in [0.1, 0.15) is 37.6 Å². The van der Waals surface area contributed by atoms with Crippen molar-refractivity contribution in [3.8, 4) is 0 Å². The standard InChI is InChI=1S/C14H19ClN2O3/c1-4-7-17(9(2)3)14(20)16-12-8-10(15)5-6-11(12)13(18)19/h5-6,8-9H,4,7H2,1-3H3,(H,16,20)(H,18,19). The molecule has 1 aromatic rings. The quantitative estimate of drug-likeness (QED) is 0.871. The average molecular weight is 299 g/mol. The lowest BCUT2D eigenvalue weighted by atomic mass is 10.2. The molecule has 0 heterocycles. The first-order valence-electron chi connectivity index (χ1n) is 6.47. The summed E-state index contributed by atoms with van der Waals surface area (Å²) in [6.07, 6.45) is 0.826. The molecule has 0 spiro atoms. The van der Waals surface area contributed by atoms with Gasteiger partial charge in [-0.25, -0.2) is 9.59 Å². The summed E-state index contributed by atoms with van der Waals surface area (Å²) < 4.78 is 0. The molecule has 110 valence electrons. The van der Waals surface area contributed by atoms with E-state index in [1.807, 2.05) is 20.8 Å². The molecule has 1 rings (SSSR count). The number of aromatic carboxylic acids is 1. The highest BCUT2D eigenvalue weighted by atomic mass is 35.5. The first kappa shape index (κ1) is 16.3. The van der Waals surface area contributed by atoms with Crippen LogP contribution in [0.4, 0.5) is 10.5 Å². The van der Waals surface area contributed by atoms with E-state index in [2.05, 4.69) is 5.32 Å². The number of halogens is 1. The SMILES string of the molecule is CCCN(C(=O)Nc1cc(Cl)ccc1C(=O)O)C(C)C. The minimum atomic E-state index is -1.11. The first-order valence-corrected chi connectivity index (χ1v) is 6.85. The van der Waals surface area contributed by atoms with Gasteiger partial charge in [-0.05, 0) is 38.5 Å². The largest absolute Gasteiger partial charge is 0.478 e. The Kier molecular flexibility index (Phi) is 5.82. The Morgan fingerprint density at radius 3 is 2.55 bits per heavy atom. The van der Waals surface area contributed by atoms with Crippen molar-refractivity contribution in [1.82, 2.24) is 4.90 Å². The van der Waals surface area contributed by atoms with Gasteiger partial charge in [-0.1, -0.05) is 18.5 Å². The number of hydrogen-bond acceptors (Lipinski definition) is 2. The zero-order valence-electron chi connectivity index (χ0n) is 11.8. The van der Waals surface area contributed by atoms with Gasteiger partial charge in [0.05, 0.1) is 11.3 Å². The lowest BCUT2D eigenvalue weighted by Crippen LogP contribution is -2.40. The van der Waals surface area contributed by atoms with Crippen molar-refractivity contribution in [3.63, 3.8) is 0 Å². The van der Waals surface area contributed by atoms with Gasteiger partial charge in [0, 0.05) is 17.6 Å². The van der Waals surface area contributed by atoms with Crippen molar-refractivity contribution >= 4 is 29.3 Å². The third-order valence-electron chi connectivity index (χ3n) is 2.80. The van der Waals surface area contributed by atoms with E-state index in [4.69, 9.17) is 16.7 Å². The number of carboxylic acids is 1. The van der Waals surface area contributed by atoms with Gasteiger partial charge in [0.2, 0.25) is 0 Å². The highest BCUT2D eigenvalue weighted by molar-refractivity contribution is 6.31. The highest BCUT2D eigenvalue weighted by Gasteiger charge is 2.19. The molecule has 0 atom stereocenters. The second-order valence-electron chi connectivity index (χ2n) is 4.71. The molecule has 0 aliphatic rings. The Hall–Kier alpha value is -1.75. The van der Waals surface area contributed by atoms with E-state index >= 15 is 0 Å². The minimum Gasteiger partial charge on any atom is -0.478 e. The van der Waals surface area contributed by atoms with Crippen LogP contribution in [-0.4, -0.2) is 34.6 Å². The molecule has 0 radical (unpaired) electrons. The summed E-state index contributed by atoms with van der Waals surface area (Å²) in [5.74, 6) is -1.11. The van der Waals surface area contributed by atoms with Gasteiger partial charge in [-0.2, -0.15) is 0 Å². The number of nitrogens with zero attached hydrogens (tertiary/aromatic N) is 1. The molecule has 0 bridgehead atoms. The molecule has 5 nitrogen and oxygen atoms in total. The van der Waals surface area contributed by atoms with Crippen molar-refractivity contribution in [2.75, 3.05) is 11.9 Å². The van der Waals surface area contributed by atoms with Crippen LogP contribution in [0.15, 0.2) is 18.2 Å². The van der Waals surface area contributed by atoms with Crippen LogP contribution in [0.25, 0.3) is 0 Å². The molecule has 0 aliphatic heterocycles. The Morgan fingerprint density at radius 2 is 2.05 bits per heavy atom. The third-order valence-corrected chi connectivity index (χ3v) is 3.04. The van der Waals surface area contributed by atoms with Crippen molar-refractivity contribution in [3.05, 3.63) is 28.8 Å². The average Bonchev–Trinajstić information content (AvgIpc) is 2.34. The monoisotopic (exact) mass is 298 g/mol. The summed E-state index contributed by atoms with van der Waals surface area (Å²) in [5, 5.41) is 12.1. The van der Waals surface area contributed by atoms with Gasteiger partial charge in [0.15, 0.2) is 0 Å². The molecule has 2 amide bonds. The summed E-state index contributed by atoms with van der Waals surface area (Å²) in [6.45, 7) is 6.40. The molecule has 6 heteroatoms. The molecule has 0 aliphatic carbocycles. The van der Waals surface area contributed by atoms with E-state index in [1.165, 1.54) is 18.2 Å². The highest BCUT2D eigenvalue weighted by Crippen LogP contribution is 2.22. The number of nitrogens with one attached hydrogen (secondary N) is 1. The van der Waals surface area contributed by atoms with Gasteiger partial charge in [-0.15, -0.1) is 0 Å². The number of hydrogen-bond donors (Lipinski definition) is 2. The van der Waals surface area contributed by atoms with Gasteiger partial charge in [-0.3, -0.25) is 0 Å². The zero-order chi connectivity index (χ0) is 15.3. The molecule has 0 saturated heterocycles. The zero-order valence-corrected chi connectivity index (χ0v) is 12.6. The summed E-state index contributed by atoms with van der Waals surface area (Å²) in [6, 6.07) is 3.99. The van der Waals surface area contributed by atoms with Crippen LogP contribution >= 0.6 is 11.6 Å². The number of urea groups is 1. The second kappa shape index (κ2) is 7.14. The molecule has 0 fully saturated rings. The summed E-state index contributed by atoms with van der Waals surface area (Å²) in [7, 11) is 0. The Balaban J connectivity index is 2.99. The number of carboxylic acid groups (broad SMARTS) is 1. The number of anilines is 1. The van der Waals surface area contributed by atoms with Gasteiger partial charge in [0.1, 0.15) is 0 Å². The molecular formula is C14H19ClN2O3. The van der Waals surface area contributed by atoms with Crippen LogP contribution in [0.2, 0.25) is 5.02 Å². The topological polar surface area (TPSA) is 69.6 Å². The van der Waals surface area contributed by atoms with E-state index in [-0.39, 0.29) is 23.3 Å². The van der Waals surface area contributed by atoms with Crippen LogP contribution < -0.4 is 5.32 Å². The van der Waals surface area contributed by atoms with E-state index in [0.29, 0.717) is 11.6 Å². The van der Waals surface area contributed by atoms with E-state index in [1.54, 1.807) is 4.90 Å². The smallest absolute Gasteiger partial charge is 0.337 e. The fraction of sp³-hybridized carbons (Fsp3) is 0.429.